The van der Waals surface area contributed by atoms with Crippen LogP contribution in [-0.2, 0) is 10.8 Å². The molecule has 2 rings (SSSR count). The van der Waals surface area contributed by atoms with Crippen LogP contribution in [0, 0.1) is 0 Å². The highest BCUT2D eigenvalue weighted by atomic mass is 35.5. The third kappa shape index (κ3) is 3.20. The van der Waals surface area contributed by atoms with Gasteiger partial charge in [-0.2, -0.15) is 0 Å². The van der Waals surface area contributed by atoms with E-state index in [0.717, 1.165) is 12.8 Å². The maximum atomic E-state index is 11.2. The summed E-state index contributed by atoms with van der Waals surface area (Å²) in [7, 11) is -0.710. The fraction of sp³-hybridized carbons (Fsp3) is 0.455. The highest BCUT2D eigenvalue weighted by Gasteiger charge is 2.19. The van der Waals surface area contributed by atoms with Crippen LogP contribution in [-0.4, -0.2) is 37.8 Å². The molecule has 0 atom stereocenters. The van der Waals surface area contributed by atoms with Crippen LogP contribution < -0.4 is 5.32 Å². The van der Waals surface area contributed by atoms with Crippen LogP contribution in [0.4, 0.5) is 5.82 Å². The number of aromatic nitrogens is 1. The summed E-state index contributed by atoms with van der Waals surface area (Å²) in [6.07, 6.45) is 1.61. The minimum absolute atomic E-state index is 0.123. The standard InChI is InChI=1S/C11H13ClN2O3S/c12-8-1-2-9(14-10(8)11(15)16)13-7-3-5-18(17)6-4-7/h1-2,7H,3-6H2,(H,13,14)(H,15,16). The molecule has 0 amide bonds. The summed E-state index contributed by atoms with van der Waals surface area (Å²) in [5.41, 5.74) is -0.152. The summed E-state index contributed by atoms with van der Waals surface area (Å²) < 4.78 is 11.2. The predicted octanol–water partition coefficient (Wildman–Crippen LogP) is 1.76. The third-order valence-corrected chi connectivity index (χ3v) is 4.48. The van der Waals surface area contributed by atoms with Crippen molar-refractivity contribution < 1.29 is 14.1 Å². The summed E-state index contributed by atoms with van der Waals surface area (Å²) in [5, 5.41) is 12.2. The molecule has 0 bridgehead atoms. The second kappa shape index (κ2) is 5.67. The molecule has 0 aromatic carbocycles. The van der Waals surface area contributed by atoms with Crippen LogP contribution in [0.25, 0.3) is 0 Å². The number of aromatic carboxylic acids is 1. The van der Waals surface area contributed by atoms with Crippen molar-refractivity contribution in [3.63, 3.8) is 0 Å². The average molecular weight is 289 g/mol. The van der Waals surface area contributed by atoms with E-state index in [2.05, 4.69) is 10.3 Å². The van der Waals surface area contributed by atoms with E-state index < -0.39 is 16.8 Å². The van der Waals surface area contributed by atoms with Crippen LogP contribution in [0.15, 0.2) is 12.1 Å². The summed E-state index contributed by atoms with van der Waals surface area (Å²) in [5.74, 6) is 0.705. The van der Waals surface area contributed by atoms with Crippen molar-refractivity contribution in [3.05, 3.63) is 22.8 Å². The Morgan fingerprint density at radius 3 is 2.72 bits per heavy atom. The fourth-order valence-electron chi connectivity index (χ4n) is 1.82. The number of carbonyl (C=O) groups is 1. The molecule has 7 heteroatoms. The van der Waals surface area contributed by atoms with E-state index in [1.54, 1.807) is 6.07 Å². The second-order valence-electron chi connectivity index (χ2n) is 4.10. The van der Waals surface area contributed by atoms with Crippen LogP contribution >= 0.6 is 11.6 Å². The number of halogens is 1. The smallest absolute Gasteiger partial charge is 0.356 e. The van der Waals surface area contributed by atoms with Gasteiger partial charge in [-0.25, -0.2) is 9.78 Å². The highest BCUT2D eigenvalue weighted by Crippen LogP contribution is 2.19. The van der Waals surface area contributed by atoms with Crippen molar-refractivity contribution in [3.8, 4) is 0 Å². The topological polar surface area (TPSA) is 79.3 Å². The third-order valence-electron chi connectivity index (χ3n) is 2.79. The summed E-state index contributed by atoms with van der Waals surface area (Å²) >= 11 is 5.74. The number of pyridine rings is 1. The lowest BCUT2D eigenvalue weighted by Crippen LogP contribution is -2.29. The van der Waals surface area contributed by atoms with Crippen molar-refractivity contribution in [2.45, 2.75) is 18.9 Å². The van der Waals surface area contributed by atoms with Crippen molar-refractivity contribution in [1.29, 1.82) is 0 Å². The Morgan fingerprint density at radius 2 is 2.11 bits per heavy atom. The summed E-state index contributed by atoms with van der Waals surface area (Å²) in [6, 6.07) is 3.36. The minimum atomic E-state index is -1.15. The van der Waals surface area contributed by atoms with Crippen molar-refractivity contribution in [1.82, 2.24) is 4.98 Å². The van der Waals surface area contributed by atoms with E-state index in [-0.39, 0.29) is 16.8 Å². The molecule has 5 nitrogen and oxygen atoms in total. The first kappa shape index (κ1) is 13.3. The first-order valence-corrected chi connectivity index (χ1v) is 7.44. The van der Waals surface area contributed by atoms with E-state index in [9.17, 15) is 9.00 Å². The lowest BCUT2D eigenvalue weighted by Gasteiger charge is -2.23. The molecule has 0 unspecified atom stereocenters. The molecular formula is C11H13ClN2O3S. The van der Waals surface area contributed by atoms with E-state index >= 15 is 0 Å². The van der Waals surface area contributed by atoms with Gasteiger partial charge in [0.1, 0.15) is 5.82 Å². The number of anilines is 1. The maximum Gasteiger partial charge on any atom is 0.356 e. The fourth-order valence-corrected chi connectivity index (χ4v) is 3.30. The van der Waals surface area contributed by atoms with Crippen LogP contribution in [0.3, 0.4) is 0 Å². The van der Waals surface area contributed by atoms with Gasteiger partial charge in [-0.1, -0.05) is 11.6 Å². The van der Waals surface area contributed by atoms with Gasteiger partial charge in [0, 0.05) is 28.3 Å². The molecule has 1 aliphatic heterocycles. The molecule has 1 fully saturated rings. The van der Waals surface area contributed by atoms with Crippen molar-refractivity contribution in [2.24, 2.45) is 0 Å². The van der Waals surface area contributed by atoms with Crippen LogP contribution in [0.2, 0.25) is 5.02 Å². The average Bonchev–Trinajstić information content (AvgIpc) is 2.34. The highest BCUT2D eigenvalue weighted by molar-refractivity contribution is 7.85. The second-order valence-corrected chi connectivity index (χ2v) is 6.20. The first-order chi connectivity index (χ1) is 8.56. The number of carboxylic acid groups (broad SMARTS) is 1. The lowest BCUT2D eigenvalue weighted by molar-refractivity contribution is 0.0691. The zero-order valence-corrected chi connectivity index (χ0v) is 11.1. The maximum absolute atomic E-state index is 11.2. The number of hydrogen-bond acceptors (Lipinski definition) is 4. The number of hydrogen-bond donors (Lipinski definition) is 2. The molecule has 0 saturated carbocycles. The van der Waals surface area contributed by atoms with Gasteiger partial charge in [-0.05, 0) is 25.0 Å². The predicted molar refractivity (Wildman–Crippen MR) is 70.7 cm³/mol. The molecule has 0 spiro atoms. The molecule has 1 aromatic heterocycles. The quantitative estimate of drug-likeness (QED) is 0.886. The Balaban J connectivity index is 2.07. The molecule has 0 aliphatic carbocycles. The van der Waals surface area contributed by atoms with Gasteiger partial charge in [-0.15, -0.1) is 0 Å². The molecule has 1 aliphatic rings. The zero-order valence-electron chi connectivity index (χ0n) is 9.56. The van der Waals surface area contributed by atoms with E-state index in [1.807, 2.05) is 0 Å². The van der Waals surface area contributed by atoms with Gasteiger partial charge in [0.25, 0.3) is 0 Å². The van der Waals surface area contributed by atoms with Crippen molar-refractivity contribution in [2.75, 3.05) is 16.8 Å². The summed E-state index contributed by atoms with van der Waals surface area (Å²) in [4.78, 5) is 14.9. The Morgan fingerprint density at radius 1 is 1.44 bits per heavy atom. The lowest BCUT2D eigenvalue weighted by atomic mass is 10.1. The molecule has 0 radical (unpaired) electrons. The molecule has 1 aromatic rings. The van der Waals surface area contributed by atoms with Gasteiger partial charge in [0.2, 0.25) is 0 Å². The van der Waals surface area contributed by atoms with Gasteiger partial charge < -0.3 is 10.4 Å². The molecule has 18 heavy (non-hydrogen) atoms. The van der Waals surface area contributed by atoms with Gasteiger partial charge >= 0.3 is 5.97 Å². The van der Waals surface area contributed by atoms with E-state index in [0.29, 0.717) is 17.3 Å². The Hall–Kier alpha value is -1.14. The minimum Gasteiger partial charge on any atom is -0.476 e. The van der Waals surface area contributed by atoms with Gasteiger partial charge in [0.05, 0.1) is 5.02 Å². The normalized spacial score (nSPS) is 23.6. The van der Waals surface area contributed by atoms with Crippen LogP contribution in [0.5, 0.6) is 0 Å². The Kier molecular flexibility index (Phi) is 4.19. The molecule has 1 saturated heterocycles. The molecular weight excluding hydrogens is 276 g/mol. The Bertz CT molecular complexity index is 485. The van der Waals surface area contributed by atoms with E-state index in [1.165, 1.54) is 6.07 Å². The zero-order chi connectivity index (χ0) is 13.1. The number of nitrogens with zero attached hydrogens (tertiary/aromatic N) is 1. The monoisotopic (exact) mass is 288 g/mol. The number of nitrogens with one attached hydrogen (secondary N) is 1. The number of rotatable bonds is 3. The van der Waals surface area contributed by atoms with Gasteiger partial charge in [0.15, 0.2) is 5.69 Å². The first-order valence-electron chi connectivity index (χ1n) is 5.57. The largest absolute Gasteiger partial charge is 0.476 e. The Labute approximate surface area is 112 Å². The number of carboxylic acids is 1. The van der Waals surface area contributed by atoms with Crippen molar-refractivity contribution >= 4 is 34.2 Å². The summed E-state index contributed by atoms with van der Waals surface area (Å²) in [6.45, 7) is 0. The molecule has 2 heterocycles. The molecule has 98 valence electrons. The molecule has 2 N–H and O–H groups in total. The van der Waals surface area contributed by atoms with Crippen LogP contribution in [0.1, 0.15) is 23.3 Å². The van der Waals surface area contributed by atoms with E-state index in [4.69, 9.17) is 16.7 Å². The van der Waals surface area contributed by atoms with Gasteiger partial charge in [-0.3, -0.25) is 4.21 Å². The SMILES string of the molecule is O=C(O)c1nc(NC2CCS(=O)CC2)ccc1Cl.